The highest BCUT2D eigenvalue weighted by molar-refractivity contribution is 5.78. The Hall–Kier alpha value is -2.72. The second kappa shape index (κ2) is 7.23. The lowest BCUT2D eigenvalue weighted by Crippen LogP contribution is -2.27. The van der Waals surface area contributed by atoms with Gasteiger partial charge in [0.1, 0.15) is 0 Å². The Labute approximate surface area is 141 Å². The van der Waals surface area contributed by atoms with Crippen molar-refractivity contribution in [2.75, 3.05) is 0 Å². The largest absolute Gasteiger partial charge is 0.481 e. The van der Waals surface area contributed by atoms with Crippen LogP contribution in [-0.2, 0) is 4.79 Å². The van der Waals surface area contributed by atoms with Gasteiger partial charge in [-0.3, -0.25) is 9.78 Å². The quantitative estimate of drug-likeness (QED) is 0.718. The number of pyridine rings is 1. The lowest BCUT2D eigenvalue weighted by atomic mass is 10.0. The zero-order chi connectivity index (χ0) is 16.9. The molecule has 24 heavy (non-hydrogen) atoms. The van der Waals surface area contributed by atoms with Crippen LogP contribution in [0.2, 0.25) is 0 Å². The van der Waals surface area contributed by atoms with Crippen LogP contribution in [0.3, 0.4) is 0 Å². The highest BCUT2D eigenvalue weighted by Crippen LogP contribution is 2.23. The lowest BCUT2D eigenvalue weighted by molar-refractivity contribution is -0.137. The molecule has 122 valence electrons. The van der Waals surface area contributed by atoms with E-state index >= 15 is 0 Å². The molecule has 0 amide bonds. The van der Waals surface area contributed by atoms with Crippen molar-refractivity contribution in [1.29, 1.82) is 0 Å². The van der Waals surface area contributed by atoms with Gasteiger partial charge in [0.05, 0.1) is 23.7 Å². The minimum absolute atomic E-state index is 0.0114. The normalized spacial score (nSPS) is 13.5. The van der Waals surface area contributed by atoms with Crippen molar-refractivity contribution in [3.05, 3.63) is 78.0 Å². The van der Waals surface area contributed by atoms with E-state index in [4.69, 9.17) is 0 Å². The Balaban J connectivity index is 1.88. The number of aromatic nitrogens is 1. The van der Waals surface area contributed by atoms with Crippen molar-refractivity contribution in [2.45, 2.75) is 25.4 Å². The van der Waals surface area contributed by atoms with Crippen LogP contribution in [0.15, 0.2) is 66.7 Å². The fourth-order valence-corrected chi connectivity index (χ4v) is 2.84. The number of aliphatic carboxylic acids is 1. The number of carbonyl (C=O) groups is 1. The summed E-state index contributed by atoms with van der Waals surface area (Å²) in [6.07, 6.45) is -0.0114. The van der Waals surface area contributed by atoms with Gasteiger partial charge in [0.25, 0.3) is 0 Å². The zero-order valence-corrected chi connectivity index (χ0v) is 13.5. The first kappa shape index (κ1) is 16.1. The Morgan fingerprint density at radius 1 is 1.04 bits per heavy atom. The van der Waals surface area contributed by atoms with E-state index < -0.39 is 5.97 Å². The average molecular weight is 320 g/mol. The summed E-state index contributed by atoms with van der Waals surface area (Å²) >= 11 is 0. The van der Waals surface area contributed by atoms with Crippen LogP contribution in [0.25, 0.3) is 10.9 Å². The number of nitrogens with one attached hydrogen (secondary N) is 1. The molecule has 1 aromatic heterocycles. The summed E-state index contributed by atoms with van der Waals surface area (Å²) in [5.74, 6) is -0.845. The summed E-state index contributed by atoms with van der Waals surface area (Å²) in [6.45, 7) is 2.03. The van der Waals surface area contributed by atoms with Gasteiger partial charge in [0.2, 0.25) is 0 Å². The van der Waals surface area contributed by atoms with Gasteiger partial charge in [-0.2, -0.15) is 0 Å². The van der Waals surface area contributed by atoms with Crippen LogP contribution < -0.4 is 5.32 Å². The lowest BCUT2D eigenvalue weighted by Gasteiger charge is -2.22. The van der Waals surface area contributed by atoms with Crippen LogP contribution in [0.4, 0.5) is 0 Å². The Morgan fingerprint density at radius 2 is 1.75 bits per heavy atom. The molecule has 0 saturated carbocycles. The van der Waals surface area contributed by atoms with Crippen molar-refractivity contribution >= 4 is 16.9 Å². The highest BCUT2D eigenvalue weighted by Gasteiger charge is 2.20. The first-order valence-electron chi connectivity index (χ1n) is 8.02. The average Bonchev–Trinajstić information content (AvgIpc) is 2.61. The maximum absolute atomic E-state index is 11.3. The molecule has 3 aromatic rings. The van der Waals surface area contributed by atoms with Gasteiger partial charge in [-0.1, -0.05) is 54.6 Å². The van der Waals surface area contributed by atoms with E-state index in [0.29, 0.717) is 0 Å². The van der Waals surface area contributed by atoms with Gasteiger partial charge < -0.3 is 10.4 Å². The number of benzene rings is 2. The summed E-state index contributed by atoms with van der Waals surface area (Å²) in [7, 11) is 0. The number of hydrogen-bond donors (Lipinski definition) is 2. The van der Waals surface area contributed by atoms with Crippen molar-refractivity contribution in [1.82, 2.24) is 10.3 Å². The predicted octanol–water partition coefficient (Wildman–Crippen LogP) is 4.10. The van der Waals surface area contributed by atoms with Gasteiger partial charge in [-0.15, -0.1) is 0 Å². The number of hydrogen-bond acceptors (Lipinski definition) is 3. The van der Waals surface area contributed by atoms with E-state index in [2.05, 4.69) is 10.3 Å². The molecule has 0 aliphatic heterocycles. The molecule has 0 bridgehead atoms. The molecule has 2 N–H and O–H groups in total. The van der Waals surface area contributed by atoms with E-state index in [0.717, 1.165) is 22.2 Å². The first-order chi connectivity index (χ1) is 11.6. The van der Waals surface area contributed by atoms with Crippen LogP contribution in [0, 0.1) is 0 Å². The molecule has 2 atom stereocenters. The molecule has 4 heteroatoms. The third kappa shape index (κ3) is 3.78. The van der Waals surface area contributed by atoms with Crippen molar-refractivity contribution in [3.8, 4) is 0 Å². The topological polar surface area (TPSA) is 62.2 Å². The molecule has 0 aliphatic carbocycles. The van der Waals surface area contributed by atoms with Crippen molar-refractivity contribution in [3.63, 3.8) is 0 Å². The first-order valence-corrected chi connectivity index (χ1v) is 8.02. The maximum atomic E-state index is 11.3. The van der Waals surface area contributed by atoms with E-state index in [1.165, 1.54) is 0 Å². The third-order valence-corrected chi connectivity index (χ3v) is 4.11. The maximum Gasteiger partial charge on any atom is 0.305 e. The molecule has 2 unspecified atom stereocenters. The van der Waals surface area contributed by atoms with E-state index in [9.17, 15) is 9.90 Å². The summed E-state index contributed by atoms with van der Waals surface area (Å²) in [5, 5.41) is 13.7. The number of carboxylic acids is 1. The molecule has 0 radical (unpaired) electrons. The Bertz CT molecular complexity index is 833. The summed E-state index contributed by atoms with van der Waals surface area (Å²) < 4.78 is 0. The monoisotopic (exact) mass is 320 g/mol. The van der Waals surface area contributed by atoms with Gasteiger partial charge in [0.15, 0.2) is 0 Å². The molecular weight excluding hydrogens is 300 g/mol. The molecule has 3 rings (SSSR count). The minimum Gasteiger partial charge on any atom is -0.481 e. The van der Waals surface area contributed by atoms with Crippen LogP contribution >= 0.6 is 0 Å². The number of nitrogens with zero attached hydrogens (tertiary/aromatic N) is 1. The van der Waals surface area contributed by atoms with Gasteiger partial charge >= 0.3 is 5.97 Å². The second-order valence-corrected chi connectivity index (χ2v) is 5.88. The number of fused-ring (bicyclic) bond motifs is 1. The fraction of sp³-hybridized carbons (Fsp3) is 0.200. The number of para-hydroxylation sites is 1. The highest BCUT2D eigenvalue weighted by atomic mass is 16.4. The molecule has 4 nitrogen and oxygen atoms in total. The number of rotatable bonds is 6. The van der Waals surface area contributed by atoms with E-state index in [-0.39, 0.29) is 18.5 Å². The fourth-order valence-electron chi connectivity index (χ4n) is 2.84. The molecule has 0 aliphatic rings. The standard InChI is InChI=1S/C20H20N2O2/c1-14(15-7-3-2-4-8-15)21-19(13-20(23)24)18-12-11-16-9-5-6-10-17(16)22-18/h2-12,14,19,21H,13H2,1H3,(H,23,24). The number of carboxylic acid groups (broad SMARTS) is 1. The van der Waals surface area contributed by atoms with E-state index in [1.807, 2.05) is 73.7 Å². The van der Waals surface area contributed by atoms with Crippen molar-refractivity contribution < 1.29 is 9.90 Å². The van der Waals surface area contributed by atoms with Gasteiger partial charge in [0, 0.05) is 11.4 Å². The Kier molecular flexibility index (Phi) is 4.87. The Morgan fingerprint density at radius 3 is 2.50 bits per heavy atom. The van der Waals surface area contributed by atoms with E-state index in [1.54, 1.807) is 0 Å². The summed E-state index contributed by atoms with van der Waals surface area (Å²) in [5.41, 5.74) is 2.74. The molecule has 0 saturated heterocycles. The molecule has 0 spiro atoms. The predicted molar refractivity (Wildman–Crippen MR) is 94.7 cm³/mol. The minimum atomic E-state index is -0.845. The summed E-state index contributed by atoms with van der Waals surface area (Å²) in [4.78, 5) is 15.9. The summed E-state index contributed by atoms with van der Waals surface area (Å²) in [6, 6.07) is 21.4. The van der Waals surface area contributed by atoms with Crippen molar-refractivity contribution in [2.24, 2.45) is 0 Å². The zero-order valence-electron chi connectivity index (χ0n) is 13.5. The SMILES string of the molecule is CC(NC(CC(=O)O)c1ccc2ccccc2n1)c1ccccc1. The molecule has 1 heterocycles. The molecule has 0 fully saturated rings. The van der Waals surface area contributed by atoms with Crippen LogP contribution in [0.1, 0.15) is 36.7 Å². The smallest absolute Gasteiger partial charge is 0.305 e. The van der Waals surface area contributed by atoms with Crippen LogP contribution in [-0.4, -0.2) is 16.1 Å². The second-order valence-electron chi connectivity index (χ2n) is 5.88. The van der Waals surface area contributed by atoms with Gasteiger partial charge in [-0.05, 0) is 24.6 Å². The van der Waals surface area contributed by atoms with Gasteiger partial charge in [-0.25, -0.2) is 0 Å². The van der Waals surface area contributed by atoms with Crippen LogP contribution in [0.5, 0.6) is 0 Å². The molecular formula is C20H20N2O2. The molecule has 2 aromatic carbocycles. The third-order valence-electron chi connectivity index (χ3n) is 4.11.